The molecule has 0 saturated carbocycles. The lowest BCUT2D eigenvalue weighted by molar-refractivity contribution is -0.142. The average Bonchev–Trinajstić information content (AvgIpc) is 2.43. The highest BCUT2D eigenvalue weighted by Gasteiger charge is 2.23. The maximum atomic E-state index is 13.1. The number of benzene rings is 1. The van der Waals surface area contributed by atoms with Crippen LogP contribution in [0.4, 0.5) is 4.39 Å². The Kier molecular flexibility index (Phi) is 6.81. The molecule has 0 aliphatic carbocycles. The van der Waals surface area contributed by atoms with E-state index < -0.39 is 29.8 Å². The molecule has 1 aromatic rings. The van der Waals surface area contributed by atoms with Gasteiger partial charge in [-0.2, -0.15) is 0 Å². The minimum absolute atomic E-state index is 0.0132. The highest BCUT2D eigenvalue weighted by atomic mass is 19.1. The zero-order valence-electron chi connectivity index (χ0n) is 12.0. The van der Waals surface area contributed by atoms with Crippen molar-refractivity contribution in [3.63, 3.8) is 0 Å². The standard InChI is InChI=1S/C15H21FN2O3/c1-2-3-7-12(17)14(19)18-13(15(20)21)9-10-5-4-6-11(16)8-10/h4-6,8,12-13H,2-3,7,9,17H2,1H3,(H,18,19)(H,20,21). The fourth-order valence-electron chi connectivity index (χ4n) is 1.93. The summed E-state index contributed by atoms with van der Waals surface area (Å²) >= 11 is 0. The third-order valence-electron chi connectivity index (χ3n) is 3.15. The molecule has 6 heteroatoms. The van der Waals surface area contributed by atoms with Gasteiger partial charge in [0.25, 0.3) is 0 Å². The van der Waals surface area contributed by atoms with Crippen LogP contribution in [0.1, 0.15) is 31.7 Å². The Morgan fingerprint density at radius 3 is 2.71 bits per heavy atom. The third kappa shape index (κ3) is 5.91. The first-order valence-corrected chi connectivity index (χ1v) is 6.97. The number of carboxylic acids is 1. The van der Waals surface area contributed by atoms with E-state index in [1.54, 1.807) is 6.07 Å². The van der Waals surface area contributed by atoms with E-state index in [1.165, 1.54) is 18.2 Å². The molecule has 1 rings (SSSR count). The Morgan fingerprint density at radius 1 is 1.43 bits per heavy atom. The van der Waals surface area contributed by atoms with Gasteiger partial charge in [-0.05, 0) is 24.1 Å². The monoisotopic (exact) mass is 296 g/mol. The van der Waals surface area contributed by atoms with Crippen LogP contribution in [0.3, 0.4) is 0 Å². The van der Waals surface area contributed by atoms with Gasteiger partial charge in [-0.3, -0.25) is 4.79 Å². The molecule has 0 aliphatic heterocycles. The van der Waals surface area contributed by atoms with E-state index in [-0.39, 0.29) is 6.42 Å². The summed E-state index contributed by atoms with van der Waals surface area (Å²) in [6.45, 7) is 1.98. The minimum Gasteiger partial charge on any atom is -0.480 e. The van der Waals surface area contributed by atoms with Gasteiger partial charge in [0, 0.05) is 6.42 Å². The van der Waals surface area contributed by atoms with Crippen molar-refractivity contribution in [1.82, 2.24) is 5.32 Å². The second kappa shape index (κ2) is 8.36. The lowest BCUT2D eigenvalue weighted by Gasteiger charge is -2.18. The number of nitrogens with one attached hydrogen (secondary N) is 1. The largest absolute Gasteiger partial charge is 0.480 e. The van der Waals surface area contributed by atoms with E-state index in [0.717, 1.165) is 12.8 Å². The molecule has 0 fully saturated rings. The molecule has 1 aromatic carbocycles. The molecule has 2 unspecified atom stereocenters. The summed E-state index contributed by atoms with van der Waals surface area (Å²) in [6.07, 6.45) is 2.23. The number of amides is 1. The number of aliphatic carboxylic acids is 1. The molecule has 0 spiro atoms. The Balaban J connectivity index is 2.65. The SMILES string of the molecule is CCCCC(N)C(=O)NC(Cc1cccc(F)c1)C(=O)O. The molecule has 0 heterocycles. The van der Waals surface area contributed by atoms with Gasteiger partial charge >= 0.3 is 5.97 Å². The van der Waals surface area contributed by atoms with Crippen LogP contribution in [0, 0.1) is 5.82 Å². The summed E-state index contributed by atoms with van der Waals surface area (Å²) in [5.74, 6) is -2.11. The second-order valence-corrected chi connectivity index (χ2v) is 4.98. The molecule has 0 aliphatic rings. The van der Waals surface area contributed by atoms with E-state index in [1.807, 2.05) is 6.92 Å². The Labute approximate surface area is 123 Å². The van der Waals surface area contributed by atoms with Gasteiger partial charge in [0.15, 0.2) is 0 Å². The van der Waals surface area contributed by atoms with E-state index >= 15 is 0 Å². The van der Waals surface area contributed by atoms with E-state index in [4.69, 9.17) is 10.8 Å². The zero-order chi connectivity index (χ0) is 15.8. The maximum absolute atomic E-state index is 13.1. The molecular formula is C15H21FN2O3. The molecule has 1 amide bonds. The van der Waals surface area contributed by atoms with Gasteiger partial charge < -0.3 is 16.2 Å². The van der Waals surface area contributed by atoms with E-state index in [9.17, 15) is 14.0 Å². The molecule has 5 nitrogen and oxygen atoms in total. The predicted octanol–water partition coefficient (Wildman–Crippen LogP) is 1.46. The number of unbranched alkanes of at least 4 members (excludes halogenated alkanes) is 1. The number of carboxylic acid groups (broad SMARTS) is 1. The van der Waals surface area contributed by atoms with Crippen molar-refractivity contribution in [3.8, 4) is 0 Å². The lowest BCUT2D eigenvalue weighted by atomic mass is 10.0. The smallest absolute Gasteiger partial charge is 0.326 e. The van der Waals surface area contributed by atoms with Gasteiger partial charge in [-0.25, -0.2) is 9.18 Å². The fourth-order valence-corrected chi connectivity index (χ4v) is 1.93. The number of hydrogen-bond donors (Lipinski definition) is 3. The fraction of sp³-hybridized carbons (Fsp3) is 0.467. The number of nitrogens with two attached hydrogens (primary N) is 1. The summed E-state index contributed by atoms with van der Waals surface area (Å²) in [4.78, 5) is 23.1. The highest BCUT2D eigenvalue weighted by molar-refractivity contribution is 5.86. The third-order valence-corrected chi connectivity index (χ3v) is 3.15. The molecule has 0 radical (unpaired) electrons. The first-order valence-electron chi connectivity index (χ1n) is 6.97. The zero-order valence-corrected chi connectivity index (χ0v) is 12.0. The first-order chi connectivity index (χ1) is 9.93. The molecule has 0 saturated heterocycles. The summed E-state index contributed by atoms with van der Waals surface area (Å²) < 4.78 is 13.1. The topological polar surface area (TPSA) is 92.4 Å². The number of halogens is 1. The summed E-state index contributed by atoms with van der Waals surface area (Å²) in [7, 11) is 0. The average molecular weight is 296 g/mol. The van der Waals surface area contributed by atoms with Gasteiger partial charge in [0.05, 0.1) is 6.04 Å². The molecule has 4 N–H and O–H groups in total. The maximum Gasteiger partial charge on any atom is 0.326 e. The molecule has 116 valence electrons. The number of rotatable bonds is 8. The number of carbonyl (C=O) groups excluding carboxylic acids is 1. The van der Waals surface area contributed by atoms with Crippen molar-refractivity contribution >= 4 is 11.9 Å². The highest BCUT2D eigenvalue weighted by Crippen LogP contribution is 2.07. The van der Waals surface area contributed by atoms with Crippen molar-refractivity contribution in [2.45, 2.75) is 44.7 Å². The summed E-state index contributed by atoms with van der Waals surface area (Å²) in [6, 6.07) is 3.80. The van der Waals surface area contributed by atoms with E-state index in [0.29, 0.717) is 12.0 Å². The molecule has 0 aromatic heterocycles. The van der Waals surface area contributed by atoms with Crippen LogP contribution >= 0.6 is 0 Å². The van der Waals surface area contributed by atoms with Crippen molar-refractivity contribution < 1.29 is 19.1 Å². The van der Waals surface area contributed by atoms with Crippen LogP contribution in [-0.4, -0.2) is 29.1 Å². The minimum atomic E-state index is -1.17. The number of hydrogen-bond acceptors (Lipinski definition) is 3. The van der Waals surface area contributed by atoms with Gasteiger partial charge in [0.2, 0.25) is 5.91 Å². The van der Waals surface area contributed by atoms with Crippen LogP contribution in [0.2, 0.25) is 0 Å². The van der Waals surface area contributed by atoms with Crippen molar-refractivity contribution in [3.05, 3.63) is 35.6 Å². The molecule has 0 bridgehead atoms. The van der Waals surface area contributed by atoms with E-state index in [2.05, 4.69) is 5.32 Å². The second-order valence-electron chi connectivity index (χ2n) is 4.98. The van der Waals surface area contributed by atoms with Crippen LogP contribution in [0.15, 0.2) is 24.3 Å². The summed E-state index contributed by atoms with van der Waals surface area (Å²) in [5.41, 5.74) is 6.21. The number of carbonyl (C=O) groups is 2. The molecule has 21 heavy (non-hydrogen) atoms. The van der Waals surface area contributed by atoms with Crippen LogP contribution in [0.5, 0.6) is 0 Å². The van der Waals surface area contributed by atoms with Crippen molar-refractivity contribution in [1.29, 1.82) is 0 Å². The summed E-state index contributed by atoms with van der Waals surface area (Å²) in [5, 5.41) is 11.6. The quantitative estimate of drug-likeness (QED) is 0.677. The normalized spacial score (nSPS) is 13.5. The molecular weight excluding hydrogens is 275 g/mol. The van der Waals surface area contributed by atoms with Gasteiger partial charge in [-0.15, -0.1) is 0 Å². The van der Waals surface area contributed by atoms with Crippen LogP contribution in [0.25, 0.3) is 0 Å². The molecule has 2 atom stereocenters. The van der Waals surface area contributed by atoms with Crippen LogP contribution in [-0.2, 0) is 16.0 Å². The van der Waals surface area contributed by atoms with Gasteiger partial charge in [-0.1, -0.05) is 31.9 Å². The van der Waals surface area contributed by atoms with Gasteiger partial charge in [0.1, 0.15) is 11.9 Å². The Hall–Kier alpha value is -1.95. The van der Waals surface area contributed by atoms with Crippen LogP contribution < -0.4 is 11.1 Å². The van der Waals surface area contributed by atoms with Crippen molar-refractivity contribution in [2.75, 3.05) is 0 Å². The van der Waals surface area contributed by atoms with Crippen molar-refractivity contribution in [2.24, 2.45) is 5.73 Å². The lowest BCUT2D eigenvalue weighted by Crippen LogP contribution is -2.49. The Bertz CT molecular complexity index is 494. The Morgan fingerprint density at radius 2 is 2.14 bits per heavy atom. The predicted molar refractivity (Wildman–Crippen MR) is 77.2 cm³/mol. The first kappa shape index (κ1) is 17.1.